The Kier molecular flexibility index (Phi) is 5.92. The van der Waals surface area contributed by atoms with E-state index in [1.165, 1.54) is 24.3 Å². The second-order valence-corrected chi connectivity index (χ2v) is 6.99. The molecule has 3 atom stereocenters. The molecule has 2 aromatic rings. The number of allylic oxidation sites excluding steroid dienone is 1. The van der Waals surface area contributed by atoms with Gasteiger partial charge in [0.2, 0.25) is 0 Å². The minimum absolute atomic E-state index is 0.0148. The molecule has 8 nitrogen and oxygen atoms in total. The molecule has 29 heavy (non-hydrogen) atoms. The maximum Gasteiger partial charge on any atom is 0.269 e. The van der Waals surface area contributed by atoms with Crippen molar-refractivity contribution in [1.29, 1.82) is 0 Å². The standard InChI is InChI=1S/C21H18N2O6/c24-13-21-16(4-1-14-2-7-17(8-3-14)22(26)27)11-19(25)12-20(21)15-5-9-18(10-6-15)23(28)29/h1-10,13,16,20-21H,11-12H2/b4-1+/t16-,20+,21-/m1/s1. The van der Waals surface area contributed by atoms with Gasteiger partial charge in [0.05, 0.1) is 9.85 Å². The molecule has 1 fully saturated rings. The highest BCUT2D eigenvalue weighted by molar-refractivity contribution is 5.83. The molecule has 0 bridgehead atoms. The fraction of sp³-hybridized carbons (Fsp3) is 0.238. The molecule has 0 unspecified atom stereocenters. The molecule has 2 aromatic carbocycles. The van der Waals surface area contributed by atoms with Crippen molar-refractivity contribution >= 4 is 29.5 Å². The van der Waals surface area contributed by atoms with E-state index >= 15 is 0 Å². The van der Waals surface area contributed by atoms with Crippen LogP contribution in [-0.2, 0) is 9.59 Å². The van der Waals surface area contributed by atoms with Crippen molar-refractivity contribution in [3.05, 3.63) is 86.0 Å². The molecular weight excluding hydrogens is 376 g/mol. The van der Waals surface area contributed by atoms with Crippen LogP contribution >= 0.6 is 0 Å². The van der Waals surface area contributed by atoms with Crippen LogP contribution in [0.15, 0.2) is 54.6 Å². The third-order valence-corrected chi connectivity index (χ3v) is 5.20. The van der Waals surface area contributed by atoms with Crippen molar-refractivity contribution < 1.29 is 19.4 Å². The number of aldehydes is 1. The van der Waals surface area contributed by atoms with E-state index in [4.69, 9.17) is 0 Å². The van der Waals surface area contributed by atoms with Crippen LogP contribution in [-0.4, -0.2) is 21.9 Å². The van der Waals surface area contributed by atoms with Crippen LogP contribution in [0.1, 0.15) is 29.9 Å². The van der Waals surface area contributed by atoms with Gasteiger partial charge >= 0.3 is 0 Å². The Hall–Kier alpha value is -3.68. The van der Waals surface area contributed by atoms with Gasteiger partial charge in [-0.1, -0.05) is 24.3 Å². The lowest BCUT2D eigenvalue weighted by Crippen LogP contribution is -2.31. The number of nitro groups is 2. The average molecular weight is 394 g/mol. The first-order chi connectivity index (χ1) is 13.9. The topological polar surface area (TPSA) is 120 Å². The zero-order valence-corrected chi connectivity index (χ0v) is 15.3. The number of nitro benzene ring substituents is 2. The lowest BCUT2D eigenvalue weighted by molar-refractivity contribution is -0.385. The summed E-state index contributed by atoms with van der Waals surface area (Å²) in [6.07, 6.45) is 4.81. The van der Waals surface area contributed by atoms with Crippen LogP contribution in [0.3, 0.4) is 0 Å². The quantitative estimate of drug-likeness (QED) is 0.413. The third kappa shape index (κ3) is 4.60. The minimum atomic E-state index is -0.497. The summed E-state index contributed by atoms with van der Waals surface area (Å²) < 4.78 is 0. The number of carbonyl (C=O) groups is 2. The van der Waals surface area contributed by atoms with Crippen LogP contribution < -0.4 is 0 Å². The van der Waals surface area contributed by atoms with Gasteiger partial charge in [-0.15, -0.1) is 0 Å². The Labute approximate surface area is 166 Å². The van der Waals surface area contributed by atoms with Crippen LogP contribution in [0.2, 0.25) is 0 Å². The summed E-state index contributed by atoms with van der Waals surface area (Å²) in [7, 11) is 0. The number of Topliss-reactive ketones (excluding diaryl/α,β-unsaturated/α-hetero) is 1. The molecule has 0 N–H and O–H groups in total. The third-order valence-electron chi connectivity index (χ3n) is 5.20. The summed E-state index contributed by atoms with van der Waals surface area (Å²) in [5.74, 6) is -1.08. The van der Waals surface area contributed by atoms with Gasteiger partial charge in [-0.2, -0.15) is 0 Å². The highest BCUT2D eigenvalue weighted by atomic mass is 16.6. The summed E-state index contributed by atoms with van der Waals surface area (Å²) in [4.78, 5) is 44.7. The predicted molar refractivity (Wildman–Crippen MR) is 105 cm³/mol. The van der Waals surface area contributed by atoms with Crippen molar-refractivity contribution in [3.8, 4) is 0 Å². The molecule has 3 rings (SSSR count). The van der Waals surface area contributed by atoms with Gasteiger partial charge in [0, 0.05) is 48.9 Å². The summed E-state index contributed by atoms with van der Waals surface area (Å²) in [6.45, 7) is 0. The highest BCUT2D eigenvalue weighted by Crippen LogP contribution is 2.40. The van der Waals surface area contributed by atoms with E-state index in [1.54, 1.807) is 36.4 Å². The Balaban J connectivity index is 1.82. The number of benzene rings is 2. The molecule has 0 spiro atoms. The smallest absolute Gasteiger partial charge is 0.269 e. The lowest BCUT2D eigenvalue weighted by Gasteiger charge is -2.33. The van der Waals surface area contributed by atoms with Crippen molar-refractivity contribution in [2.75, 3.05) is 0 Å². The molecule has 1 saturated carbocycles. The zero-order valence-electron chi connectivity index (χ0n) is 15.3. The Morgan fingerprint density at radius 3 is 1.93 bits per heavy atom. The SMILES string of the molecule is O=C[C@@H]1[C@H](/C=C/c2ccc([N+](=O)[O-])cc2)CC(=O)C[C@H]1c1ccc([N+](=O)[O-])cc1. The molecule has 148 valence electrons. The number of non-ortho nitro benzene ring substituents is 2. The fourth-order valence-electron chi connectivity index (χ4n) is 3.68. The Morgan fingerprint density at radius 1 is 0.862 bits per heavy atom. The molecule has 8 heteroatoms. The largest absolute Gasteiger partial charge is 0.303 e. The highest BCUT2D eigenvalue weighted by Gasteiger charge is 2.36. The van der Waals surface area contributed by atoms with Crippen LogP contribution in [0.25, 0.3) is 6.08 Å². The zero-order chi connectivity index (χ0) is 21.0. The van der Waals surface area contributed by atoms with Gasteiger partial charge in [0.15, 0.2) is 0 Å². The molecule has 1 aliphatic carbocycles. The lowest BCUT2D eigenvalue weighted by atomic mass is 9.69. The Morgan fingerprint density at radius 2 is 1.41 bits per heavy atom. The van der Waals surface area contributed by atoms with Gasteiger partial charge in [-0.25, -0.2) is 0 Å². The van der Waals surface area contributed by atoms with Crippen molar-refractivity contribution in [3.63, 3.8) is 0 Å². The first kappa shape index (κ1) is 20.1. The molecule has 0 amide bonds. The fourth-order valence-corrected chi connectivity index (χ4v) is 3.68. The number of hydrogen-bond donors (Lipinski definition) is 0. The summed E-state index contributed by atoms with van der Waals surface area (Å²) in [5.41, 5.74) is 1.38. The Bertz CT molecular complexity index is 966. The maximum absolute atomic E-state index is 12.3. The number of hydrogen-bond acceptors (Lipinski definition) is 6. The molecule has 0 aromatic heterocycles. The van der Waals surface area contributed by atoms with E-state index in [2.05, 4.69) is 0 Å². The number of nitrogens with zero attached hydrogens (tertiary/aromatic N) is 2. The molecule has 0 saturated heterocycles. The molecule has 0 heterocycles. The molecule has 0 radical (unpaired) electrons. The second-order valence-electron chi connectivity index (χ2n) is 6.99. The van der Waals surface area contributed by atoms with Crippen LogP contribution in [0.4, 0.5) is 11.4 Å². The number of rotatable bonds is 6. The van der Waals surface area contributed by atoms with Gasteiger partial charge in [0.25, 0.3) is 11.4 Å². The van der Waals surface area contributed by atoms with Gasteiger partial charge in [-0.05, 0) is 29.2 Å². The van der Waals surface area contributed by atoms with E-state index < -0.39 is 15.8 Å². The van der Waals surface area contributed by atoms with Gasteiger partial charge in [0.1, 0.15) is 12.1 Å². The van der Waals surface area contributed by atoms with Crippen molar-refractivity contribution in [2.24, 2.45) is 11.8 Å². The van der Waals surface area contributed by atoms with Crippen LogP contribution in [0.5, 0.6) is 0 Å². The van der Waals surface area contributed by atoms with Gasteiger partial charge in [-0.3, -0.25) is 25.0 Å². The van der Waals surface area contributed by atoms with Crippen molar-refractivity contribution in [2.45, 2.75) is 18.8 Å². The summed E-state index contributed by atoms with van der Waals surface area (Å²) >= 11 is 0. The van der Waals surface area contributed by atoms with Crippen molar-refractivity contribution in [1.82, 2.24) is 0 Å². The molecule has 0 aliphatic heterocycles. The average Bonchev–Trinajstić information content (AvgIpc) is 2.72. The maximum atomic E-state index is 12.3. The van der Waals surface area contributed by atoms with E-state index in [-0.39, 0.29) is 41.8 Å². The van der Waals surface area contributed by atoms with Crippen LogP contribution in [0, 0.1) is 32.1 Å². The number of ketones is 1. The predicted octanol–water partition coefficient (Wildman–Crippen LogP) is 4.09. The summed E-state index contributed by atoms with van der Waals surface area (Å²) in [6, 6.07) is 11.9. The first-order valence-corrected chi connectivity index (χ1v) is 9.03. The summed E-state index contributed by atoms with van der Waals surface area (Å²) in [5, 5.41) is 21.6. The molecular formula is C21H18N2O6. The van der Waals surface area contributed by atoms with E-state index in [0.29, 0.717) is 0 Å². The first-order valence-electron chi connectivity index (χ1n) is 9.03. The van der Waals surface area contributed by atoms with E-state index in [0.717, 1.165) is 17.4 Å². The normalized spacial score (nSPS) is 21.8. The van der Waals surface area contributed by atoms with Gasteiger partial charge < -0.3 is 4.79 Å². The monoisotopic (exact) mass is 394 g/mol. The van der Waals surface area contributed by atoms with E-state index in [9.17, 15) is 29.8 Å². The second kappa shape index (κ2) is 8.55. The molecule has 1 aliphatic rings. The number of carbonyl (C=O) groups excluding carboxylic acids is 2. The minimum Gasteiger partial charge on any atom is -0.303 e. The van der Waals surface area contributed by atoms with E-state index in [1.807, 2.05) is 0 Å².